The summed E-state index contributed by atoms with van der Waals surface area (Å²) in [6.45, 7) is 3.82. The van der Waals surface area contributed by atoms with Crippen molar-refractivity contribution in [2.24, 2.45) is 5.92 Å². The second-order valence-corrected chi connectivity index (χ2v) is 8.64. The first-order valence-corrected chi connectivity index (χ1v) is 10.8. The third kappa shape index (κ3) is 4.82. The number of anilines is 2. The molecule has 0 spiro atoms. The van der Waals surface area contributed by atoms with Gasteiger partial charge in [-0.25, -0.2) is 15.0 Å². The lowest BCUT2D eigenvalue weighted by atomic mass is 10.1. The van der Waals surface area contributed by atoms with Crippen LogP contribution in [0.1, 0.15) is 29.3 Å². The number of hydrogen-bond acceptors (Lipinski definition) is 5. The summed E-state index contributed by atoms with van der Waals surface area (Å²) in [7, 11) is 0. The number of carbonyl (C=O) groups excluding carboxylic acids is 1. The maximum Gasteiger partial charge on any atom is 0.388 e. The van der Waals surface area contributed by atoms with Crippen LogP contribution in [-0.2, 0) is 5.92 Å². The number of aromatic nitrogens is 3. The van der Waals surface area contributed by atoms with E-state index in [1.807, 2.05) is 0 Å². The van der Waals surface area contributed by atoms with Crippen LogP contribution in [0.2, 0.25) is 0 Å². The van der Waals surface area contributed by atoms with E-state index in [-0.39, 0.29) is 11.3 Å². The van der Waals surface area contributed by atoms with Crippen molar-refractivity contribution < 1.29 is 22.4 Å². The predicted molar refractivity (Wildman–Crippen MR) is 120 cm³/mol. The first-order chi connectivity index (χ1) is 16.1. The number of benzene rings is 1. The van der Waals surface area contributed by atoms with Gasteiger partial charge in [-0.3, -0.25) is 4.79 Å². The summed E-state index contributed by atoms with van der Waals surface area (Å²) in [4.78, 5) is 27.6. The van der Waals surface area contributed by atoms with Gasteiger partial charge in [0.15, 0.2) is 0 Å². The minimum Gasteiger partial charge on any atom is -0.356 e. The summed E-state index contributed by atoms with van der Waals surface area (Å²) >= 11 is 4.52. The molecule has 2 aromatic heterocycles. The molecule has 1 amide bonds. The third-order valence-electron chi connectivity index (χ3n) is 5.59. The molecule has 1 aliphatic rings. The largest absolute Gasteiger partial charge is 0.388 e. The van der Waals surface area contributed by atoms with E-state index in [4.69, 9.17) is 0 Å². The summed E-state index contributed by atoms with van der Waals surface area (Å²) in [5, 5.41) is -2.18. The Kier molecular flexibility index (Phi) is 6.44. The van der Waals surface area contributed by atoms with Crippen LogP contribution >= 0.6 is 11.6 Å². The van der Waals surface area contributed by atoms with Gasteiger partial charge in [0.05, 0.1) is 5.56 Å². The van der Waals surface area contributed by atoms with Gasteiger partial charge in [-0.1, -0.05) is 19.1 Å². The molecule has 0 bridgehead atoms. The molecule has 6 nitrogen and oxygen atoms in total. The average molecular weight is 494 g/mol. The van der Waals surface area contributed by atoms with Gasteiger partial charge in [-0.05, 0) is 42.1 Å². The smallest absolute Gasteiger partial charge is 0.356 e. The molecular weight excluding hydrogens is 474 g/mol. The standard InChI is InChI=1S/C23H20ClF4N5O/c1-14-6-7-33(12-14)20-19(16-9-29-13-30-10-16)8-15(11-31-20)21(34)32-18-4-2-17(3-5-18)22(25,26)23(24,27)28/h2-5,8-11,13-14H,6-7,12H2,1H3,(H,32,34)/t14-/m1/s1. The lowest BCUT2D eigenvalue weighted by molar-refractivity contribution is -0.164. The fourth-order valence-corrected chi connectivity index (χ4v) is 3.85. The quantitative estimate of drug-likeness (QED) is 0.359. The molecule has 0 radical (unpaired) electrons. The van der Waals surface area contributed by atoms with E-state index in [1.165, 1.54) is 12.5 Å². The molecule has 34 heavy (non-hydrogen) atoms. The highest BCUT2D eigenvalue weighted by atomic mass is 35.5. The van der Waals surface area contributed by atoms with E-state index >= 15 is 0 Å². The molecule has 4 rings (SSSR count). The lowest BCUT2D eigenvalue weighted by Crippen LogP contribution is -2.32. The van der Waals surface area contributed by atoms with E-state index < -0.39 is 22.8 Å². The van der Waals surface area contributed by atoms with Crippen molar-refractivity contribution in [1.29, 1.82) is 0 Å². The molecule has 1 aromatic carbocycles. The molecule has 3 heterocycles. The average Bonchev–Trinajstić information content (AvgIpc) is 3.25. The van der Waals surface area contributed by atoms with Gasteiger partial charge in [0.25, 0.3) is 5.91 Å². The monoisotopic (exact) mass is 493 g/mol. The van der Waals surface area contributed by atoms with Gasteiger partial charge in [-0.2, -0.15) is 17.6 Å². The summed E-state index contributed by atoms with van der Waals surface area (Å²) in [6.07, 6.45) is 7.11. The minimum atomic E-state index is -4.74. The Hall–Kier alpha value is -3.27. The van der Waals surface area contributed by atoms with Crippen molar-refractivity contribution in [3.8, 4) is 11.1 Å². The number of carbonyl (C=O) groups is 1. The Morgan fingerprint density at radius 3 is 2.38 bits per heavy atom. The topological polar surface area (TPSA) is 71.0 Å². The number of nitrogens with one attached hydrogen (secondary N) is 1. The zero-order valence-electron chi connectivity index (χ0n) is 18.0. The van der Waals surface area contributed by atoms with Crippen LogP contribution in [0.25, 0.3) is 11.1 Å². The first kappa shape index (κ1) is 23.9. The number of amides is 1. The molecule has 0 saturated carbocycles. The van der Waals surface area contributed by atoms with Gasteiger partial charge >= 0.3 is 11.3 Å². The van der Waals surface area contributed by atoms with Gasteiger partial charge in [0.2, 0.25) is 0 Å². The molecule has 1 fully saturated rings. The summed E-state index contributed by atoms with van der Waals surface area (Å²) in [5.41, 5.74) is 0.762. The summed E-state index contributed by atoms with van der Waals surface area (Å²) in [5.74, 6) is -3.88. The summed E-state index contributed by atoms with van der Waals surface area (Å²) in [6, 6.07) is 5.44. The molecule has 1 N–H and O–H groups in total. The van der Waals surface area contributed by atoms with Crippen LogP contribution in [0.5, 0.6) is 0 Å². The molecule has 3 aromatic rings. The van der Waals surface area contributed by atoms with Crippen LogP contribution < -0.4 is 10.2 Å². The highest BCUT2D eigenvalue weighted by Crippen LogP contribution is 2.45. The summed E-state index contributed by atoms with van der Waals surface area (Å²) < 4.78 is 53.4. The Labute approximate surface area is 198 Å². The van der Waals surface area contributed by atoms with E-state index in [0.29, 0.717) is 22.9 Å². The zero-order chi connectivity index (χ0) is 24.5. The molecular formula is C23H20ClF4N5O. The van der Waals surface area contributed by atoms with Crippen LogP contribution in [-0.4, -0.2) is 39.3 Å². The normalized spacial score (nSPS) is 16.5. The van der Waals surface area contributed by atoms with Gasteiger partial charge in [0, 0.05) is 54.1 Å². The number of rotatable bonds is 6. The van der Waals surface area contributed by atoms with Crippen LogP contribution in [0, 0.1) is 5.92 Å². The van der Waals surface area contributed by atoms with Crippen molar-refractivity contribution in [1.82, 2.24) is 15.0 Å². The van der Waals surface area contributed by atoms with Crippen LogP contribution in [0.4, 0.5) is 29.1 Å². The lowest BCUT2D eigenvalue weighted by Gasteiger charge is -2.21. The van der Waals surface area contributed by atoms with Crippen molar-refractivity contribution in [3.05, 3.63) is 66.4 Å². The number of nitrogens with zero attached hydrogens (tertiary/aromatic N) is 4. The van der Waals surface area contributed by atoms with Gasteiger partial charge in [0.1, 0.15) is 12.1 Å². The number of alkyl halides is 5. The molecule has 0 aliphatic carbocycles. The minimum absolute atomic E-state index is 0.143. The van der Waals surface area contributed by atoms with Gasteiger partial charge < -0.3 is 10.2 Å². The fraction of sp³-hybridized carbons (Fsp3) is 0.304. The maximum atomic E-state index is 13.7. The van der Waals surface area contributed by atoms with E-state index in [2.05, 4.69) is 43.7 Å². The maximum absolute atomic E-state index is 13.7. The van der Waals surface area contributed by atoms with E-state index in [0.717, 1.165) is 43.8 Å². The van der Waals surface area contributed by atoms with Gasteiger partial charge in [-0.15, -0.1) is 0 Å². The fourth-order valence-electron chi connectivity index (χ4n) is 3.74. The zero-order valence-corrected chi connectivity index (χ0v) is 18.7. The number of pyridine rings is 1. The highest BCUT2D eigenvalue weighted by molar-refractivity contribution is 6.22. The molecule has 0 unspecified atom stereocenters. The number of halogens is 5. The molecule has 178 valence electrons. The second kappa shape index (κ2) is 9.17. The Balaban J connectivity index is 1.59. The number of hydrogen-bond donors (Lipinski definition) is 1. The van der Waals surface area contributed by atoms with E-state index in [9.17, 15) is 22.4 Å². The Morgan fingerprint density at radius 1 is 1.12 bits per heavy atom. The second-order valence-electron chi connectivity index (χ2n) is 8.17. The molecule has 1 saturated heterocycles. The molecule has 1 aliphatic heterocycles. The Bertz CT molecular complexity index is 1170. The van der Waals surface area contributed by atoms with Crippen molar-refractivity contribution in [3.63, 3.8) is 0 Å². The highest BCUT2D eigenvalue weighted by Gasteiger charge is 2.56. The van der Waals surface area contributed by atoms with E-state index in [1.54, 1.807) is 18.5 Å². The van der Waals surface area contributed by atoms with Crippen molar-refractivity contribution in [2.75, 3.05) is 23.3 Å². The molecule has 11 heteroatoms. The first-order valence-electron chi connectivity index (χ1n) is 10.4. The Morgan fingerprint density at radius 2 is 1.79 bits per heavy atom. The van der Waals surface area contributed by atoms with Crippen molar-refractivity contribution in [2.45, 2.75) is 24.6 Å². The predicted octanol–water partition coefficient (Wildman–Crippen LogP) is 5.56. The third-order valence-corrected chi connectivity index (χ3v) is 5.82. The van der Waals surface area contributed by atoms with Crippen molar-refractivity contribution >= 4 is 29.0 Å². The van der Waals surface area contributed by atoms with Crippen LogP contribution in [0.3, 0.4) is 0 Å². The van der Waals surface area contributed by atoms with Crippen LogP contribution in [0.15, 0.2) is 55.2 Å². The molecule has 1 atom stereocenters. The SMILES string of the molecule is C[C@@H]1CCN(c2ncc(C(=O)Nc3ccc(C(F)(F)C(F)(F)Cl)cc3)cc2-c2cncnc2)C1.